The summed E-state index contributed by atoms with van der Waals surface area (Å²) in [7, 11) is 0. The average Bonchev–Trinajstić information content (AvgIpc) is 2.04. The summed E-state index contributed by atoms with van der Waals surface area (Å²) in [5.74, 6) is -0.222. The van der Waals surface area contributed by atoms with Gasteiger partial charge in [0.25, 0.3) is 6.43 Å². The SMILES string of the molecule is Nc1ncc(CCl)c(Cl)c1C(F)F. The molecule has 1 heterocycles. The molecule has 6 heteroatoms. The number of aromatic nitrogens is 1. The number of nitrogen functional groups attached to an aromatic ring is 1. The third kappa shape index (κ3) is 2.00. The molecule has 1 rings (SSSR count). The van der Waals surface area contributed by atoms with E-state index >= 15 is 0 Å². The van der Waals surface area contributed by atoms with Gasteiger partial charge < -0.3 is 5.73 Å². The van der Waals surface area contributed by atoms with Gasteiger partial charge in [-0.1, -0.05) is 11.6 Å². The Kier molecular flexibility index (Phi) is 3.27. The zero-order chi connectivity index (χ0) is 10.0. The summed E-state index contributed by atoms with van der Waals surface area (Å²) in [6, 6.07) is 0. The molecule has 0 aliphatic heterocycles. The Morgan fingerprint density at radius 1 is 1.54 bits per heavy atom. The van der Waals surface area contributed by atoms with Gasteiger partial charge in [0.15, 0.2) is 0 Å². The van der Waals surface area contributed by atoms with E-state index in [-0.39, 0.29) is 16.7 Å². The van der Waals surface area contributed by atoms with E-state index in [4.69, 9.17) is 28.9 Å². The molecule has 0 spiro atoms. The molecule has 0 bridgehead atoms. The molecule has 72 valence electrons. The summed E-state index contributed by atoms with van der Waals surface area (Å²) in [4.78, 5) is 3.56. The number of hydrogen-bond acceptors (Lipinski definition) is 2. The molecule has 0 aliphatic rings. The summed E-state index contributed by atoms with van der Waals surface area (Å²) in [5, 5.41) is -0.0995. The standard InChI is InChI=1S/C7H6Cl2F2N2/c8-1-3-2-13-7(12)4(5(3)9)6(10)11/h2,6H,1H2,(H2,12,13). The highest BCUT2D eigenvalue weighted by Crippen LogP contribution is 2.33. The third-order valence-corrected chi connectivity index (χ3v) is 2.25. The molecule has 0 saturated heterocycles. The van der Waals surface area contributed by atoms with Crippen molar-refractivity contribution >= 4 is 29.0 Å². The van der Waals surface area contributed by atoms with Gasteiger partial charge in [0.1, 0.15) is 5.82 Å². The average molecular weight is 227 g/mol. The predicted molar refractivity (Wildman–Crippen MR) is 48.2 cm³/mol. The summed E-state index contributed by atoms with van der Waals surface area (Å²) in [6.07, 6.45) is -1.44. The van der Waals surface area contributed by atoms with E-state index in [0.717, 1.165) is 0 Å². The lowest BCUT2D eigenvalue weighted by molar-refractivity contribution is 0.152. The van der Waals surface area contributed by atoms with Crippen molar-refractivity contribution in [3.63, 3.8) is 0 Å². The zero-order valence-corrected chi connectivity index (χ0v) is 7.91. The maximum Gasteiger partial charge on any atom is 0.268 e. The first-order valence-electron chi connectivity index (χ1n) is 3.34. The van der Waals surface area contributed by atoms with E-state index in [0.29, 0.717) is 5.56 Å². The second kappa shape index (κ2) is 4.07. The lowest BCUT2D eigenvalue weighted by Gasteiger charge is -2.08. The van der Waals surface area contributed by atoms with Crippen molar-refractivity contribution in [2.45, 2.75) is 12.3 Å². The normalized spacial score (nSPS) is 10.8. The van der Waals surface area contributed by atoms with Crippen LogP contribution in [0.4, 0.5) is 14.6 Å². The summed E-state index contributed by atoms with van der Waals surface area (Å²) < 4.78 is 24.7. The lowest BCUT2D eigenvalue weighted by Crippen LogP contribution is -2.01. The van der Waals surface area contributed by atoms with Crippen molar-refractivity contribution in [2.24, 2.45) is 0 Å². The molecule has 0 saturated carbocycles. The number of nitrogens with zero attached hydrogens (tertiary/aromatic N) is 1. The minimum atomic E-state index is -2.73. The van der Waals surface area contributed by atoms with E-state index < -0.39 is 12.0 Å². The minimum Gasteiger partial charge on any atom is -0.383 e. The molecule has 0 amide bonds. The van der Waals surface area contributed by atoms with E-state index in [9.17, 15) is 8.78 Å². The summed E-state index contributed by atoms with van der Waals surface area (Å²) in [5.41, 5.74) is 5.14. The first-order valence-corrected chi connectivity index (χ1v) is 4.26. The van der Waals surface area contributed by atoms with E-state index in [1.54, 1.807) is 0 Å². The number of halogens is 4. The van der Waals surface area contributed by atoms with E-state index in [1.807, 2.05) is 0 Å². The van der Waals surface area contributed by atoms with Gasteiger partial charge >= 0.3 is 0 Å². The number of nitrogens with two attached hydrogens (primary N) is 1. The van der Waals surface area contributed by atoms with Crippen LogP contribution in [-0.4, -0.2) is 4.98 Å². The van der Waals surface area contributed by atoms with Gasteiger partial charge in [-0.2, -0.15) is 0 Å². The van der Waals surface area contributed by atoms with Gasteiger partial charge in [-0.05, 0) is 0 Å². The largest absolute Gasteiger partial charge is 0.383 e. The fraction of sp³-hybridized carbons (Fsp3) is 0.286. The Labute approximate surface area is 83.7 Å². The second-order valence-corrected chi connectivity index (χ2v) is 2.98. The van der Waals surface area contributed by atoms with E-state index in [1.165, 1.54) is 6.20 Å². The smallest absolute Gasteiger partial charge is 0.268 e. The molecule has 0 aliphatic carbocycles. The molecule has 2 nitrogen and oxygen atoms in total. The Bertz CT molecular complexity index is 318. The van der Waals surface area contributed by atoms with Crippen LogP contribution in [0.2, 0.25) is 5.02 Å². The van der Waals surface area contributed by atoms with E-state index in [2.05, 4.69) is 4.98 Å². The summed E-state index contributed by atoms with van der Waals surface area (Å²) in [6.45, 7) is 0. The Hall–Kier alpha value is -0.610. The van der Waals surface area contributed by atoms with Crippen LogP contribution in [-0.2, 0) is 5.88 Å². The van der Waals surface area contributed by atoms with Gasteiger partial charge in [0.05, 0.1) is 16.5 Å². The first kappa shape index (κ1) is 10.5. The number of alkyl halides is 3. The van der Waals surface area contributed by atoms with Gasteiger partial charge in [-0.25, -0.2) is 13.8 Å². The fourth-order valence-electron chi connectivity index (χ4n) is 0.860. The van der Waals surface area contributed by atoms with Gasteiger partial charge in [-0.3, -0.25) is 0 Å². The third-order valence-electron chi connectivity index (χ3n) is 1.52. The Morgan fingerprint density at radius 2 is 2.15 bits per heavy atom. The van der Waals surface area contributed by atoms with Crippen molar-refractivity contribution in [3.8, 4) is 0 Å². The number of rotatable bonds is 2. The topological polar surface area (TPSA) is 38.9 Å². The maximum absolute atomic E-state index is 12.4. The molecule has 0 unspecified atom stereocenters. The fourth-order valence-corrected chi connectivity index (χ4v) is 1.43. The van der Waals surface area contributed by atoms with Crippen LogP contribution in [0.5, 0.6) is 0 Å². The van der Waals surface area contributed by atoms with Crippen LogP contribution in [0.15, 0.2) is 6.20 Å². The molecule has 0 atom stereocenters. The second-order valence-electron chi connectivity index (χ2n) is 2.33. The zero-order valence-electron chi connectivity index (χ0n) is 6.40. The minimum absolute atomic E-state index is 0.0336. The molecule has 1 aromatic rings. The van der Waals surface area contributed by atoms with Gasteiger partial charge in [0, 0.05) is 11.8 Å². The van der Waals surface area contributed by atoms with Crippen LogP contribution in [0.25, 0.3) is 0 Å². The Balaban J connectivity index is 3.30. The molecular formula is C7H6Cl2F2N2. The molecule has 13 heavy (non-hydrogen) atoms. The molecule has 0 fully saturated rings. The molecule has 0 aromatic carbocycles. The van der Waals surface area contributed by atoms with Crippen LogP contribution in [0, 0.1) is 0 Å². The molecule has 2 N–H and O–H groups in total. The molecular weight excluding hydrogens is 221 g/mol. The highest BCUT2D eigenvalue weighted by Gasteiger charge is 2.19. The number of hydrogen-bond donors (Lipinski definition) is 1. The van der Waals surface area contributed by atoms with Crippen LogP contribution >= 0.6 is 23.2 Å². The summed E-state index contributed by atoms with van der Waals surface area (Å²) >= 11 is 11.1. The van der Waals surface area contributed by atoms with Crippen molar-refractivity contribution in [1.82, 2.24) is 4.98 Å². The Morgan fingerprint density at radius 3 is 2.62 bits per heavy atom. The monoisotopic (exact) mass is 226 g/mol. The highest BCUT2D eigenvalue weighted by molar-refractivity contribution is 6.33. The highest BCUT2D eigenvalue weighted by atomic mass is 35.5. The van der Waals surface area contributed by atoms with Gasteiger partial charge in [-0.15, -0.1) is 11.6 Å². The first-order chi connectivity index (χ1) is 6.07. The van der Waals surface area contributed by atoms with Gasteiger partial charge in [0.2, 0.25) is 0 Å². The van der Waals surface area contributed by atoms with Crippen LogP contribution in [0.1, 0.15) is 17.6 Å². The molecule has 1 aromatic heterocycles. The number of pyridine rings is 1. The van der Waals surface area contributed by atoms with Crippen LogP contribution < -0.4 is 5.73 Å². The van der Waals surface area contributed by atoms with Crippen molar-refractivity contribution < 1.29 is 8.78 Å². The lowest BCUT2D eigenvalue weighted by atomic mass is 10.2. The predicted octanol–water partition coefficient (Wildman–Crippen LogP) is 2.99. The molecule has 0 radical (unpaired) electrons. The quantitative estimate of drug-likeness (QED) is 0.788. The van der Waals surface area contributed by atoms with Crippen LogP contribution in [0.3, 0.4) is 0 Å². The number of anilines is 1. The van der Waals surface area contributed by atoms with Crippen molar-refractivity contribution in [2.75, 3.05) is 5.73 Å². The van der Waals surface area contributed by atoms with Crippen molar-refractivity contribution in [3.05, 3.63) is 22.3 Å². The maximum atomic E-state index is 12.4. The van der Waals surface area contributed by atoms with Crippen molar-refractivity contribution in [1.29, 1.82) is 0 Å².